The quantitative estimate of drug-likeness (QED) is 0.168. The largest absolute Gasteiger partial charge is 0.497 e. The van der Waals surface area contributed by atoms with Crippen LogP contribution < -0.4 is 15.0 Å². The number of methoxy groups -OCH3 is 1. The first-order chi connectivity index (χ1) is 18.5. The summed E-state index contributed by atoms with van der Waals surface area (Å²) in [4.78, 5) is 29.0. The van der Waals surface area contributed by atoms with E-state index in [0.717, 1.165) is 45.3 Å². The van der Waals surface area contributed by atoms with Crippen LogP contribution in [0.25, 0.3) is 0 Å². The molecule has 0 bridgehead atoms. The lowest BCUT2D eigenvalue weighted by atomic mass is 10.1. The van der Waals surface area contributed by atoms with Crippen LogP contribution in [0.15, 0.2) is 82.6 Å². The Kier molecular flexibility index (Phi) is 12.0. The number of hydrogen-bond acceptors (Lipinski definition) is 5. The van der Waals surface area contributed by atoms with Crippen LogP contribution in [0.2, 0.25) is 0 Å². The second kappa shape index (κ2) is 15.7. The molecule has 6 nitrogen and oxygen atoms in total. The minimum absolute atomic E-state index is 0.156. The number of esters is 1. The number of amides is 2. The molecule has 0 spiro atoms. The maximum Gasteiger partial charge on any atom is 0.326 e. The Bertz CT molecular complexity index is 1150. The Hall–Kier alpha value is -3.45. The maximum absolute atomic E-state index is 13.4. The van der Waals surface area contributed by atoms with Crippen molar-refractivity contribution in [2.45, 2.75) is 62.2 Å². The first kappa shape index (κ1) is 29.1. The Morgan fingerprint density at radius 3 is 2.29 bits per heavy atom. The van der Waals surface area contributed by atoms with E-state index < -0.39 is 0 Å². The van der Waals surface area contributed by atoms with Crippen LogP contribution in [0.4, 0.5) is 16.2 Å². The average Bonchev–Trinajstić information content (AvgIpc) is 2.92. The first-order valence-electron chi connectivity index (χ1n) is 13.3. The van der Waals surface area contributed by atoms with Gasteiger partial charge in [-0.05, 0) is 73.5 Å². The minimum Gasteiger partial charge on any atom is -0.497 e. The van der Waals surface area contributed by atoms with Crippen molar-refractivity contribution in [3.8, 4) is 5.75 Å². The standard InChI is InChI=1S/C31H38N2O4S/c1-4-6-7-8-9-21-33(31(35)32-25-15-17-27(36-3)18-16-25)26-11-10-12-29(23-26)38-28-19-13-24(14-20-28)22-30(34)37-5-2/h10-20,23H,4-9,21-22H2,1-3H3,(H,32,35). The molecule has 0 fully saturated rings. The normalized spacial score (nSPS) is 10.6. The molecule has 0 aliphatic carbocycles. The summed E-state index contributed by atoms with van der Waals surface area (Å²) < 4.78 is 10.3. The molecule has 7 heteroatoms. The number of unbranched alkanes of at least 4 members (excludes halogenated alkanes) is 4. The average molecular weight is 535 g/mol. The highest BCUT2D eigenvalue weighted by atomic mass is 32.2. The third kappa shape index (κ3) is 9.45. The van der Waals surface area contributed by atoms with Gasteiger partial charge in [-0.2, -0.15) is 0 Å². The summed E-state index contributed by atoms with van der Waals surface area (Å²) in [5.41, 5.74) is 2.50. The van der Waals surface area contributed by atoms with Gasteiger partial charge in [-0.1, -0.05) is 62.6 Å². The Balaban J connectivity index is 1.71. The van der Waals surface area contributed by atoms with Crippen molar-refractivity contribution < 1.29 is 19.1 Å². The molecule has 3 rings (SSSR count). The predicted molar refractivity (Wildman–Crippen MR) is 155 cm³/mol. The van der Waals surface area contributed by atoms with Gasteiger partial charge in [-0.25, -0.2) is 4.79 Å². The lowest BCUT2D eigenvalue weighted by Crippen LogP contribution is -2.35. The molecule has 3 aromatic rings. The molecule has 0 saturated carbocycles. The third-order valence-electron chi connectivity index (χ3n) is 6.01. The molecule has 2 amide bonds. The van der Waals surface area contributed by atoms with E-state index in [4.69, 9.17) is 9.47 Å². The molecule has 0 aromatic heterocycles. The maximum atomic E-state index is 13.4. The molecule has 38 heavy (non-hydrogen) atoms. The molecular weight excluding hydrogens is 496 g/mol. The van der Waals surface area contributed by atoms with Gasteiger partial charge in [0.05, 0.1) is 20.1 Å². The lowest BCUT2D eigenvalue weighted by Gasteiger charge is -2.24. The number of hydrogen-bond donors (Lipinski definition) is 1. The van der Waals surface area contributed by atoms with E-state index in [-0.39, 0.29) is 18.4 Å². The van der Waals surface area contributed by atoms with E-state index in [1.165, 1.54) is 19.3 Å². The second-order valence-electron chi connectivity index (χ2n) is 8.95. The summed E-state index contributed by atoms with van der Waals surface area (Å²) in [7, 11) is 1.62. The van der Waals surface area contributed by atoms with Crippen molar-refractivity contribution in [3.05, 3.63) is 78.4 Å². The highest BCUT2D eigenvalue weighted by molar-refractivity contribution is 7.99. The van der Waals surface area contributed by atoms with E-state index in [0.29, 0.717) is 13.2 Å². The lowest BCUT2D eigenvalue weighted by molar-refractivity contribution is -0.142. The second-order valence-corrected chi connectivity index (χ2v) is 10.1. The Morgan fingerprint density at radius 2 is 1.61 bits per heavy atom. The number of nitrogens with zero attached hydrogens (tertiary/aromatic N) is 1. The van der Waals surface area contributed by atoms with Crippen LogP contribution in [-0.2, 0) is 16.0 Å². The summed E-state index contributed by atoms with van der Waals surface area (Å²) in [6.45, 7) is 5.03. The van der Waals surface area contributed by atoms with Gasteiger partial charge in [0.25, 0.3) is 0 Å². The van der Waals surface area contributed by atoms with Crippen LogP contribution in [0.1, 0.15) is 51.5 Å². The van der Waals surface area contributed by atoms with Crippen molar-refractivity contribution in [1.82, 2.24) is 0 Å². The van der Waals surface area contributed by atoms with Crippen LogP contribution in [0.3, 0.4) is 0 Å². The predicted octanol–water partition coefficient (Wildman–Crippen LogP) is 7.96. The number of benzene rings is 3. The van der Waals surface area contributed by atoms with Crippen LogP contribution in [0, 0.1) is 0 Å². The molecule has 3 aromatic carbocycles. The SMILES string of the molecule is CCCCCCCN(C(=O)Nc1ccc(OC)cc1)c1cccc(Sc2ccc(CC(=O)OCC)cc2)c1. The van der Waals surface area contributed by atoms with E-state index >= 15 is 0 Å². The zero-order valence-corrected chi connectivity index (χ0v) is 23.4. The van der Waals surface area contributed by atoms with E-state index in [1.807, 2.05) is 78.6 Å². The van der Waals surface area contributed by atoms with Gasteiger partial charge in [0, 0.05) is 27.7 Å². The van der Waals surface area contributed by atoms with E-state index in [9.17, 15) is 9.59 Å². The van der Waals surface area contributed by atoms with E-state index in [2.05, 4.69) is 18.3 Å². The van der Waals surface area contributed by atoms with Crippen molar-refractivity contribution in [3.63, 3.8) is 0 Å². The van der Waals surface area contributed by atoms with Crippen molar-refractivity contribution in [1.29, 1.82) is 0 Å². The number of carbonyl (C=O) groups excluding carboxylic acids is 2. The Labute approximate surface area is 230 Å². The highest BCUT2D eigenvalue weighted by Gasteiger charge is 2.17. The molecule has 0 atom stereocenters. The highest BCUT2D eigenvalue weighted by Crippen LogP contribution is 2.31. The molecule has 0 aliphatic rings. The summed E-state index contributed by atoms with van der Waals surface area (Å²) in [5, 5.41) is 3.03. The molecule has 202 valence electrons. The summed E-state index contributed by atoms with van der Waals surface area (Å²) in [6.07, 6.45) is 5.87. The fourth-order valence-electron chi connectivity index (χ4n) is 3.99. The molecule has 0 radical (unpaired) electrons. The molecule has 0 saturated heterocycles. The van der Waals surface area contributed by atoms with Gasteiger partial charge >= 0.3 is 12.0 Å². The fraction of sp³-hybridized carbons (Fsp3) is 0.355. The summed E-state index contributed by atoms with van der Waals surface area (Å²) in [5.74, 6) is 0.526. The van der Waals surface area contributed by atoms with Gasteiger partial charge in [-0.3, -0.25) is 9.69 Å². The van der Waals surface area contributed by atoms with Gasteiger partial charge in [0.2, 0.25) is 0 Å². The summed E-state index contributed by atoms with van der Waals surface area (Å²) >= 11 is 1.62. The number of nitrogens with one attached hydrogen (secondary N) is 1. The zero-order chi connectivity index (χ0) is 27.2. The fourth-order valence-corrected chi connectivity index (χ4v) is 4.86. The van der Waals surface area contributed by atoms with Gasteiger partial charge in [0.1, 0.15) is 5.75 Å². The van der Waals surface area contributed by atoms with Crippen molar-refractivity contribution >= 4 is 35.1 Å². The number of carbonyl (C=O) groups is 2. The zero-order valence-electron chi connectivity index (χ0n) is 22.6. The van der Waals surface area contributed by atoms with Gasteiger partial charge in [-0.15, -0.1) is 0 Å². The van der Waals surface area contributed by atoms with Crippen molar-refractivity contribution in [2.24, 2.45) is 0 Å². The molecular formula is C31H38N2O4S. The van der Waals surface area contributed by atoms with Gasteiger partial charge < -0.3 is 14.8 Å². The molecule has 0 unspecified atom stereocenters. The van der Waals surface area contributed by atoms with E-state index in [1.54, 1.807) is 18.9 Å². The molecule has 0 heterocycles. The van der Waals surface area contributed by atoms with Crippen LogP contribution in [0.5, 0.6) is 5.75 Å². The number of rotatable bonds is 14. The number of anilines is 2. The molecule has 0 aliphatic heterocycles. The first-order valence-corrected chi connectivity index (χ1v) is 14.1. The third-order valence-corrected chi connectivity index (χ3v) is 7.01. The molecule has 1 N–H and O–H groups in total. The smallest absolute Gasteiger partial charge is 0.326 e. The van der Waals surface area contributed by atoms with Gasteiger partial charge in [0.15, 0.2) is 0 Å². The Morgan fingerprint density at radius 1 is 0.868 bits per heavy atom. The van der Waals surface area contributed by atoms with Crippen LogP contribution >= 0.6 is 11.8 Å². The summed E-state index contributed by atoms with van der Waals surface area (Å²) in [6, 6.07) is 23.2. The monoisotopic (exact) mass is 534 g/mol. The minimum atomic E-state index is -0.219. The topological polar surface area (TPSA) is 67.9 Å². The van der Waals surface area contributed by atoms with Crippen LogP contribution in [-0.4, -0.2) is 32.3 Å². The van der Waals surface area contributed by atoms with Crippen molar-refractivity contribution in [2.75, 3.05) is 30.5 Å². The number of urea groups is 1. The number of ether oxygens (including phenoxy) is 2.